The van der Waals surface area contributed by atoms with Gasteiger partial charge in [0.05, 0.1) is 16.8 Å². The van der Waals surface area contributed by atoms with E-state index in [0.717, 1.165) is 22.4 Å². The Bertz CT molecular complexity index is 2500. The fourth-order valence-corrected chi connectivity index (χ4v) is 8.33. The Morgan fingerprint density at radius 2 is 0.830 bits per heavy atom. The highest BCUT2D eigenvalue weighted by Crippen LogP contribution is 2.62. The summed E-state index contributed by atoms with van der Waals surface area (Å²) in [5, 5.41) is 4.95. The van der Waals surface area contributed by atoms with Crippen molar-refractivity contribution >= 4 is 32.6 Å². The van der Waals surface area contributed by atoms with Crippen molar-refractivity contribution < 1.29 is 0 Å². The molecule has 2 aromatic heterocycles. The highest BCUT2D eigenvalue weighted by molar-refractivity contribution is 6.06. The van der Waals surface area contributed by atoms with E-state index in [0.29, 0.717) is 0 Å². The number of aromatic amines is 2. The van der Waals surface area contributed by atoms with Crippen LogP contribution >= 0.6 is 0 Å². The van der Waals surface area contributed by atoms with Crippen molar-refractivity contribution in [1.29, 1.82) is 0 Å². The molecule has 9 aromatic rings. The Hall–Kier alpha value is -6.12. The van der Waals surface area contributed by atoms with Crippen molar-refractivity contribution in [2.24, 2.45) is 0 Å². The van der Waals surface area contributed by atoms with Gasteiger partial charge >= 0.3 is 0 Å². The van der Waals surface area contributed by atoms with Crippen molar-refractivity contribution in [2.45, 2.75) is 5.41 Å². The van der Waals surface area contributed by atoms with Gasteiger partial charge in [-0.1, -0.05) is 146 Å². The molecule has 10 rings (SSSR count). The molecule has 220 valence electrons. The number of hydrogen-bond donors (Lipinski definition) is 2. The average Bonchev–Trinajstić information content (AvgIpc) is 3.80. The monoisotopic (exact) mass is 598 g/mol. The highest BCUT2D eigenvalue weighted by atomic mass is 14.8. The first-order chi connectivity index (χ1) is 23.3. The highest BCUT2D eigenvalue weighted by Gasteiger charge is 2.51. The fourth-order valence-electron chi connectivity index (χ4n) is 8.33. The maximum atomic E-state index is 3.94. The SMILES string of the molecule is c1ccc(-c2[nH]c3ccccc3c2C2(c3c(-c4ccccc4)[nH]c4ccccc34)c3ccccc3-c3cc4ccccc4cc32)cc1. The number of aromatic nitrogens is 2. The Kier molecular flexibility index (Phi) is 5.53. The molecule has 0 radical (unpaired) electrons. The van der Waals surface area contributed by atoms with Gasteiger partial charge in [0.2, 0.25) is 0 Å². The van der Waals surface area contributed by atoms with Gasteiger partial charge in [0.25, 0.3) is 0 Å². The summed E-state index contributed by atoms with van der Waals surface area (Å²) in [5.74, 6) is 0. The van der Waals surface area contributed by atoms with Crippen LogP contribution in [0.15, 0.2) is 170 Å². The van der Waals surface area contributed by atoms with Crippen molar-refractivity contribution in [3.63, 3.8) is 0 Å². The minimum absolute atomic E-state index is 0.661. The lowest BCUT2D eigenvalue weighted by Crippen LogP contribution is -2.29. The lowest BCUT2D eigenvalue weighted by Gasteiger charge is -2.35. The zero-order chi connectivity index (χ0) is 31.0. The molecule has 0 unspecified atom stereocenters. The molecule has 0 bridgehead atoms. The number of benzene rings is 7. The van der Waals surface area contributed by atoms with Crippen LogP contribution in [0.4, 0.5) is 0 Å². The molecule has 2 heteroatoms. The third-order valence-corrected chi connectivity index (χ3v) is 10.2. The topological polar surface area (TPSA) is 31.6 Å². The molecule has 0 saturated carbocycles. The van der Waals surface area contributed by atoms with Gasteiger partial charge in [0, 0.05) is 32.9 Å². The maximum absolute atomic E-state index is 3.94. The number of nitrogens with one attached hydrogen (secondary N) is 2. The van der Waals surface area contributed by atoms with Crippen LogP contribution in [0.3, 0.4) is 0 Å². The first-order valence-electron chi connectivity index (χ1n) is 16.3. The van der Waals surface area contributed by atoms with E-state index in [2.05, 4.69) is 180 Å². The van der Waals surface area contributed by atoms with Gasteiger partial charge < -0.3 is 9.97 Å². The average molecular weight is 599 g/mol. The Balaban J connectivity index is 1.50. The molecule has 0 atom stereocenters. The number of H-pyrrole nitrogens is 2. The number of rotatable bonds is 4. The summed E-state index contributed by atoms with van der Waals surface area (Å²) in [7, 11) is 0. The molecule has 2 nitrogen and oxygen atoms in total. The molecule has 2 heterocycles. The molecular weight excluding hydrogens is 569 g/mol. The lowest BCUT2D eigenvalue weighted by molar-refractivity contribution is 0.789. The number of hydrogen-bond acceptors (Lipinski definition) is 0. The Morgan fingerprint density at radius 1 is 0.362 bits per heavy atom. The zero-order valence-corrected chi connectivity index (χ0v) is 25.7. The molecule has 0 spiro atoms. The Morgan fingerprint density at radius 3 is 1.43 bits per heavy atom. The van der Waals surface area contributed by atoms with E-state index in [1.54, 1.807) is 0 Å². The summed E-state index contributed by atoms with van der Waals surface area (Å²) in [4.78, 5) is 7.88. The van der Waals surface area contributed by atoms with Crippen molar-refractivity contribution in [3.8, 4) is 33.6 Å². The first-order valence-corrected chi connectivity index (χ1v) is 16.3. The number of para-hydroxylation sites is 2. The second-order valence-electron chi connectivity index (χ2n) is 12.6. The van der Waals surface area contributed by atoms with Crippen LogP contribution in [-0.4, -0.2) is 9.97 Å². The van der Waals surface area contributed by atoms with E-state index in [1.165, 1.54) is 66.1 Å². The van der Waals surface area contributed by atoms with Crippen molar-refractivity contribution in [2.75, 3.05) is 0 Å². The van der Waals surface area contributed by atoms with Crippen LogP contribution in [0, 0.1) is 0 Å². The van der Waals surface area contributed by atoms with Gasteiger partial charge in [0.1, 0.15) is 0 Å². The van der Waals surface area contributed by atoms with Crippen molar-refractivity contribution in [1.82, 2.24) is 9.97 Å². The molecule has 0 amide bonds. The van der Waals surface area contributed by atoms with E-state index in [1.807, 2.05) is 0 Å². The zero-order valence-electron chi connectivity index (χ0n) is 25.7. The van der Waals surface area contributed by atoms with E-state index in [9.17, 15) is 0 Å². The summed E-state index contributed by atoms with van der Waals surface area (Å²) >= 11 is 0. The molecule has 1 aliphatic carbocycles. The van der Waals surface area contributed by atoms with Gasteiger partial charge in [-0.25, -0.2) is 0 Å². The molecule has 1 aliphatic rings. The first kappa shape index (κ1) is 26.1. The Labute approximate surface area is 273 Å². The molecule has 0 aliphatic heterocycles. The number of fused-ring (bicyclic) bond motifs is 6. The third kappa shape index (κ3) is 3.61. The molecule has 7 aromatic carbocycles. The second-order valence-corrected chi connectivity index (χ2v) is 12.6. The van der Waals surface area contributed by atoms with E-state index < -0.39 is 5.41 Å². The van der Waals surface area contributed by atoms with Gasteiger partial charge in [-0.3, -0.25) is 0 Å². The molecule has 0 saturated heterocycles. The molecule has 0 fully saturated rings. The largest absolute Gasteiger partial charge is 0.354 e. The van der Waals surface area contributed by atoms with Crippen LogP contribution in [0.1, 0.15) is 22.3 Å². The molecule has 2 N–H and O–H groups in total. The maximum Gasteiger partial charge on any atom is 0.0768 e. The third-order valence-electron chi connectivity index (χ3n) is 10.2. The predicted molar refractivity (Wildman–Crippen MR) is 196 cm³/mol. The van der Waals surface area contributed by atoms with Gasteiger partial charge in [0.15, 0.2) is 0 Å². The van der Waals surface area contributed by atoms with E-state index in [-0.39, 0.29) is 0 Å². The van der Waals surface area contributed by atoms with Gasteiger partial charge in [-0.15, -0.1) is 0 Å². The fraction of sp³-hybridized carbons (Fsp3) is 0.0222. The summed E-state index contributed by atoms with van der Waals surface area (Å²) < 4.78 is 0. The molecular formula is C45H30N2. The summed E-state index contributed by atoms with van der Waals surface area (Å²) in [6.07, 6.45) is 0. The van der Waals surface area contributed by atoms with E-state index in [4.69, 9.17) is 0 Å². The van der Waals surface area contributed by atoms with Crippen LogP contribution < -0.4 is 0 Å². The minimum Gasteiger partial charge on any atom is -0.354 e. The van der Waals surface area contributed by atoms with Gasteiger partial charge in [-0.2, -0.15) is 0 Å². The minimum atomic E-state index is -0.661. The van der Waals surface area contributed by atoms with Gasteiger partial charge in [-0.05, 0) is 68.4 Å². The standard InChI is InChI=1S/C45H30N2/c1-3-15-29(16-4-1)43-41(34-22-10-13-25-39(34)46-43)45(42-35-23-11-14-26-40(35)47-44(42)30-17-5-2-6-18-30)37-24-12-9-21-33(37)36-27-31-19-7-8-20-32(31)28-38(36)45/h1-28,46-47H. The lowest BCUT2D eigenvalue weighted by atomic mass is 9.64. The summed E-state index contributed by atoms with van der Waals surface area (Å²) in [6, 6.07) is 62.1. The van der Waals surface area contributed by atoms with Crippen LogP contribution in [-0.2, 0) is 5.41 Å². The predicted octanol–water partition coefficient (Wildman–Crippen LogP) is 11.5. The molecule has 47 heavy (non-hydrogen) atoms. The van der Waals surface area contributed by atoms with Crippen LogP contribution in [0.25, 0.3) is 66.2 Å². The quantitative estimate of drug-likeness (QED) is 0.202. The van der Waals surface area contributed by atoms with Crippen molar-refractivity contribution in [3.05, 3.63) is 192 Å². The second kappa shape index (κ2) is 9.94. The summed E-state index contributed by atoms with van der Waals surface area (Å²) in [5.41, 5.74) is 14.0. The smallest absolute Gasteiger partial charge is 0.0768 e. The van der Waals surface area contributed by atoms with Crippen LogP contribution in [0.2, 0.25) is 0 Å². The van der Waals surface area contributed by atoms with E-state index >= 15 is 0 Å². The summed E-state index contributed by atoms with van der Waals surface area (Å²) in [6.45, 7) is 0. The normalized spacial score (nSPS) is 13.3. The van der Waals surface area contributed by atoms with Crippen LogP contribution in [0.5, 0.6) is 0 Å².